The molecule has 16 heavy (non-hydrogen) atoms. The van der Waals surface area contributed by atoms with Crippen LogP contribution in [0.4, 0.5) is 0 Å². The Morgan fingerprint density at radius 2 is 2.38 bits per heavy atom. The van der Waals surface area contributed by atoms with E-state index < -0.39 is 0 Å². The number of furan rings is 1. The molecule has 1 amide bonds. The monoisotopic (exact) mass is 308 g/mol. The first kappa shape index (κ1) is 13.5. The summed E-state index contributed by atoms with van der Waals surface area (Å²) in [5.74, 6) is 0.826. The Balaban J connectivity index is 0.00000128. The first-order chi connectivity index (χ1) is 7.16. The van der Waals surface area contributed by atoms with Crippen molar-refractivity contribution in [3.05, 3.63) is 22.1 Å². The summed E-state index contributed by atoms with van der Waals surface area (Å²) in [4.78, 5) is 11.7. The summed E-state index contributed by atoms with van der Waals surface area (Å²) in [6, 6.07) is 1.79. The van der Waals surface area contributed by atoms with Crippen LogP contribution in [0.15, 0.2) is 15.2 Å². The quantitative estimate of drug-likeness (QED) is 0.894. The number of hydrogen-bond donors (Lipinski definition) is 2. The first-order valence-electron chi connectivity index (χ1n) is 4.91. The maximum Gasteiger partial charge on any atom is 0.287 e. The van der Waals surface area contributed by atoms with Gasteiger partial charge in [-0.2, -0.15) is 0 Å². The molecule has 0 atom stereocenters. The molecule has 0 saturated carbocycles. The molecule has 4 nitrogen and oxygen atoms in total. The predicted molar refractivity (Wildman–Crippen MR) is 67.1 cm³/mol. The number of aryl methyl sites for hydroxylation is 1. The number of nitrogens with one attached hydrogen (secondary N) is 2. The van der Waals surface area contributed by atoms with Crippen LogP contribution in [-0.2, 0) is 0 Å². The number of carbonyl (C=O) groups excluding carboxylic acids is 1. The number of halogens is 2. The molecule has 0 aliphatic carbocycles. The van der Waals surface area contributed by atoms with E-state index >= 15 is 0 Å². The van der Waals surface area contributed by atoms with Gasteiger partial charge < -0.3 is 15.1 Å². The minimum absolute atomic E-state index is 0. The second kappa shape index (κ2) is 5.70. The zero-order valence-corrected chi connectivity index (χ0v) is 11.3. The lowest BCUT2D eigenvalue weighted by Crippen LogP contribution is -2.48. The van der Waals surface area contributed by atoms with E-state index in [-0.39, 0.29) is 18.3 Å². The van der Waals surface area contributed by atoms with E-state index in [0.717, 1.165) is 18.7 Å². The largest absolute Gasteiger partial charge is 0.444 e. The third kappa shape index (κ3) is 2.99. The van der Waals surface area contributed by atoms with E-state index in [1.807, 2.05) is 6.92 Å². The zero-order valence-electron chi connectivity index (χ0n) is 8.88. The summed E-state index contributed by atoms with van der Waals surface area (Å²) in [5, 5.41) is 6.02. The van der Waals surface area contributed by atoms with Gasteiger partial charge in [-0.05, 0) is 28.9 Å². The molecular weight excluding hydrogens is 295 g/mol. The summed E-state index contributed by atoms with van der Waals surface area (Å²) in [7, 11) is 0. The Labute approximate surface area is 109 Å². The summed E-state index contributed by atoms with van der Waals surface area (Å²) in [6.07, 6.45) is 0. The third-order valence-electron chi connectivity index (χ3n) is 2.51. The fourth-order valence-electron chi connectivity index (χ4n) is 1.48. The summed E-state index contributed by atoms with van der Waals surface area (Å²) in [6.45, 7) is 4.54. The van der Waals surface area contributed by atoms with Crippen molar-refractivity contribution in [3.8, 4) is 0 Å². The third-order valence-corrected chi connectivity index (χ3v) is 2.90. The maximum absolute atomic E-state index is 11.7. The molecule has 2 heterocycles. The normalized spacial score (nSPS) is 15.1. The molecule has 0 aromatic carbocycles. The minimum Gasteiger partial charge on any atom is -0.444 e. The van der Waals surface area contributed by atoms with E-state index in [1.54, 1.807) is 6.07 Å². The average molecular weight is 310 g/mol. The van der Waals surface area contributed by atoms with Gasteiger partial charge in [0, 0.05) is 31.1 Å². The molecule has 6 heteroatoms. The Hall–Kier alpha value is -0.520. The lowest BCUT2D eigenvalue weighted by molar-refractivity contribution is 0.0912. The Morgan fingerprint density at radius 3 is 2.81 bits per heavy atom. The highest BCUT2D eigenvalue weighted by Gasteiger charge is 2.19. The van der Waals surface area contributed by atoms with Crippen LogP contribution in [0.5, 0.6) is 0 Å². The fraction of sp³-hybridized carbons (Fsp3) is 0.500. The van der Waals surface area contributed by atoms with Crippen LogP contribution in [0.2, 0.25) is 0 Å². The lowest BCUT2D eigenvalue weighted by Gasteiger charge is -2.26. The fourth-order valence-corrected chi connectivity index (χ4v) is 1.98. The van der Waals surface area contributed by atoms with Gasteiger partial charge in [-0.1, -0.05) is 0 Å². The number of amides is 1. The second-order valence-electron chi connectivity index (χ2n) is 3.80. The molecule has 2 rings (SSSR count). The summed E-state index contributed by atoms with van der Waals surface area (Å²) in [5.41, 5.74) is 0.853. The SMILES string of the molecule is Cc1cc(Br)oc1C(=O)NCC1CNC1.Cl. The highest BCUT2D eigenvalue weighted by Crippen LogP contribution is 2.19. The van der Waals surface area contributed by atoms with Gasteiger partial charge in [-0.15, -0.1) is 12.4 Å². The highest BCUT2D eigenvalue weighted by atomic mass is 79.9. The zero-order chi connectivity index (χ0) is 10.8. The van der Waals surface area contributed by atoms with E-state index in [4.69, 9.17) is 4.42 Å². The van der Waals surface area contributed by atoms with Crippen molar-refractivity contribution in [2.24, 2.45) is 5.92 Å². The van der Waals surface area contributed by atoms with Gasteiger partial charge >= 0.3 is 0 Å². The van der Waals surface area contributed by atoms with E-state index in [2.05, 4.69) is 26.6 Å². The van der Waals surface area contributed by atoms with Gasteiger partial charge in [0.05, 0.1) is 0 Å². The van der Waals surface area contributed by atoms with Crippen molar-refractivity contribution in [2.45, 2.75) is 6.92 Å². The first-order valence-corrected chi connectivity index (χ1v) is 5.71. The molecule has 1 aliphatic rings. The van der Waals surface area contributed by atoms with Crippen LogP contribution in [0.25, 0.3) is 0 Å². The Kier molecular flexibility index (Phi) is 4.83. The molecule has 1 fully saturated rings. The molecule has 0 bridgehead atoms. The van der Waals surface area contributed by atoms with Crippen molar-refractivity contribution >= 4 is 34.2 Å². The van der Waals surface area contributed by atoms with Crippen molar-refractivity contribution < 1.29 is 9.21 Å². The Bertz CT molecular complexity index is 377. The molecule has 90 valence electrons. The van der Waals surface area contributed by atoms with Gasteiger partial charge in [-0.25, -0.2) is 0 Å². The van der Waals surface area contributed by atoms with Crippen LogP contribution >= 0.6 is 28.3 Å². The minimum atomic E-state index is -0.134. The molecule has 1 aromatic heterocycles. The molecule has 1 aliphatic heterocycles. The molecule has 1 aromatic rings. The van der Waals surface area contributed by atoms with Gasteiger partial charge in [0.15, 0.2) is 10.4 Å². The standard InChI is InChI=1S/C10H13BrN2O2.ClH/c1-6-2-8(11)15-9(6)10(14)13-5-7-3-12-4-7;/h2,7,12H,3-5H2,1H3,(H,13,14);1H. The highest BCUT2D eigenvalue weighted by molar-refractivity contribution is 9.10. The lowest BCUT2D eigenvalue weighted by atomic mass is 10.0. The van der Waals surface area contributed by atoms with Gasteiger partial charge in [0.25, 0.3) is 5.91 Å². The van der Waals surface area contributed by atoms with Crippen LogP contribution < -0.4 is 10.6 Å². The average Bonchev–Trinajstić information content (AvgIpc) is 2.42. The molecular formula is C10H14BrClN2O2. The van der Waals surface area contributed by atoms with Crippen molar-refractivity contribution in [1.29, 1.82) is 0 Å². The summed E-state index contributed by atoms with van der Waals surface area (Å²) >= 11 is 3.20. The topological polar surface area (TPSA) is 54.3 Å². The number of carbonyl (C=O) groups is 1. The second-order valence-corrected chi connectivity index (χ2v) is 4.58. The Morgan fingerprint density at radius 1 is 1.69 bits per heavy atom. The van der Waals surface area contributed by atoms with Gasteiger partial charge in [0.2, 0.25) is 0 Å². The molecule has 2 N–H and O–H groups in total. The summed E-state index contributed by atoms with van der Waals surface area (Å²) < 4.78 is 5.84. The predicted octanol–water partition coefficient (Wildman–Crippen LogP) is 1.72. The van der Waals surface area contributed by atoms with Crippen LogP contribution in [-0.4, -0.2) is 25.5 Å². The van der Waals surface area contributed by atoms with Crippen LogP contribution in [0, 0.1) is 12.8 Å². The van der Waals surface area contributed by atoms with Gasteiger partial charge in [0.1, 0.15) is 0 Å². The van der Waals surface area contributed by atoms with E-state index in [0.29, 0.717) is 22.9 Å². The van der Waals surface area contributed by atoms with E-state index in [9.17, 15) is 4.79 Å². The smallest absolute Gasteiger partial charge is 0.287 e. The molecule has 0 spiro atoms. The van der Waals surface area contributed by atoms with Crippen molar-refractivity contribution in [3.63, 3.8) is 0 Å². The number of rotatable bonds is 3. The van der Waals surface area contributed by atoms with Gasteiger partial charge in [-0.3, -0.25) is 4.79 Å². The van der Waals surface area contributed by atoms with E-state index in [1.165, 1.54) is 0 Å². The number of hydrogen-bond acceptors (Lipinski definition) is 3. The van der Waals surface area contributed by atoms with Crippen molar-refractivity contribution in [1.82, 2.24) is 10.6 Å². The van der Waals surface area contributed by atoms with Crippen LogP contribution in [0.1, 0.15) is 16.1 Å². The van der Waals surface area contributed by atoms with Crippen LogP contribution in [0.3, 0.4) is 0 Å². The molecule has 0 unspecified atom stereocenters. The molecule has 1 saturated heterocycles. The molecule has 0 radical (unpaired) electrons. The van der Waals surface area contributed by atoms with Crippen molar-refractivity contribution in [2.75, 3.05) is 19.6 Å². The maximum atomic E-state index is 11.7.